The van der Waals surface area contributed by atoms with Crippen LogP contribution >= 0.6 is 11.3 Å². The van der Waals surface area contributed by atoms with Gasteiger partial charge in [0.15, 0.2) is 23.1 Å². The maximum atomic E-state index is 12.4. The number of aromatic nitrogens is 2. The number of carbonyl (C=O) groups excluding carboxylic acids is 2. The van der Waals surface area contributed by atoms with Gasteiger partial charge < -0.3 is 18.9 Å². The normalized spacial score (nSPS) is 10.6. The van der Waals surface area contributed by atoms with Gasteiger partial charge in [-0.2, -0.15) is 0 Å². The summed E-state index contributed by atoms with van der Waals surface area (Å²) in [5.74, 6) is 0.178. The summed E-state index contributed by atoms with van der Waals surface area (Å²) < 4.78 is 22.6. The van der Waals surface area contributed by atoms with E-state index < -0.39 is 5.97 Å². The van der Waals surface area contributed by atoms with Gasteiger partial charge in [0, 0.05) is 23.3 Å². The minimum absolute atomic E-state index is 0.00304. The van der Waals surface area contributed by atoms with Gasteiger partial charge in [0.2, 0.25) is 11.5 Å². The van der Waals surface area contributed by atoms with Gasteiger partial charge in [-0.05, 0) is 12.1 Å². The fraction of sp³-hybridized carbons (Fsp3) is 0.278. The molecule has 0 aliphatic heterocycles. The van der Waals surface area contributed by atoms with E-state index in [1.54, 1.807) is 6.20 Å². The minimum Gasteiger partial charge on any atom is -0.493 e. The van der Waals surface area contributed by atoms with Gasteiger partial charge in [-0.1, -0.05) is 0 Å². The molecule has 8 nitrogen and oxygen atoms in total. The number of ether oxygens (including phenoxy) is 4. The monoisotopic (exact) mass is 390 g/mol. The molecule has 0 fully saturated rings. The highest BCUT2D eigenvalue weighted by atomic mass is 32.1. The number of carbonyl (C=O) groups is 2. The number of fused-ring (bicyclic) bond motifs is 1. The number of hydrogen-bond donors (Lipinski definition) is 0. The molecule has 0 atom stereocenters. The molecule has 0 aliphatic rings. The summed E-state index contributed by atoms with van der Waals surface area (Å²) >= 11 is 1.47. The average Bonchev–Trinajstić information content (AvgIpc) is 3.26. The number of methoxy groups -OCH3 is 3. The van der Waals surface area contributed by atoms with Crippen molar-refractivity contribution in [1.82, 2.24) is 9.38 Å². The van der Waals surface area contributed by atoms with Gasteiger partial charge >= 0.3 is 5.97 Å². The molecular weight excluding hydrogens is 372 g/mol. The maximum Gasteiger partial charge on any atom is 0.312 e. The Labute approximate surface area is 159 Å². The molecule has 1 aromatic carbocycles. The van der Waals surface area contributed by atoms with E-state index in [0.29, 0.717) is 28.5 Å². The third-order valence-corrected chi connectivity index (χ3v) is 4.59. The van der Waals surface area contributed by atoms with E-state index in [-0.39, 0.29) is 18.8 Å². The Bertz CT molecular complexity index is 924. The predicted octanol–water partition coefficient (Wildman–Crippen LogP) is 2.39. The third kappa shape index (κ3) is 4.03. The summed E-state index contributed by atoms with van der Waals surface area (Å²) in [5, 5.41) is 1.90. The molecule has 0 radical (unpaired) electrons. The molecule has 0 aliphatic carbocycles. The molecule has 27 heavy (non-hydrogen) atoms. The predicted molar refractivity (Wildman–Crippen MR) is 98.2 cm³/mol. The summed E-state index contributed by atoms with van der Waals surface area (Å²) in [6.07, 6.45) is 3.61. The summed E-state index contributed by atoms with van der Waals surface area (Å²) in [7, 11) is 4.40. The molecule has 0 amide bonds. The second-order valence-electron chi connectivity index (χ2n) is 5.50. The highest BCUT2D eigenvalue weighted by molar-refractivity contribution is 7.15. The minimum atomic E-state index is -0.526. The van der Waals surface area contributed by atoms with E-state index in [9.17, 15) is 9.59 Å². The topological polar surface area (TPSA) is 88.4 Å². The summed E-state index contributed by atoms with van der Waals surface area (Å²) in [6.45, 7) is -0.389. The fourth-order valence-electron chi connectivity index (χ4n) is 2.53. The van der Waals surface area contributed by atoms with Crippen LogP contribution in [0.1, 0.15) is 16.1 Å². The van der Waals surface area contributed by atoms with Crippen LogP contribution in [0, 0.1) is 0 Å². The molecule has 0 unspecified atom stereocenters. The van der Waals surface area contributed by atoms with Crippen molar-refractivity contribution in [1.29, 1.82) is 0 Å². The van der Waals surface area contributed by atoms with Crippen molar-refractivity contribution in [2.24, 2.45) is 0 Å². The van der Waals surface area contributed by atoms with Crippen molar-refractivity contribution in [2.75, 3.05) is 27.9 Å². The van der Waals surface area contributed by atoms with E-state index in [4.69, 9.17) is 18.9 Å². The number of imidazole rings is 1. The lowest BCUT2D eigenvalue weighted by atomic mass is 10.1. The molecule has 0 spiro atoms. The number of benzene rings is 1. The lowest BCUT2D eigenvalue weighted by Gasteiger charge is -2.13. The van der Waals surface area contributed by atoms with Crippen molar-refractivity contribution in [3.05, 3.63) is 41.2 Å². The van der Waals surface area contributed by atoms with Crippen LogP contribution in [0.25, 0.3) is 4.96 Å². The SMILES string of the molecule is COc1cc(C(=O)COC(=O)Cc2cn3ccsc3n2)cc(OC)c1OC. The molecule has 2 heterocycles. The van der Waals surface area contributed by atoms with Crippen molar-refractivity contribution < 1.29 is 28.5 Å². The first-order valence-electron chi connectivity index (χ1n) is 7.95. The fourth-order valence-corrected chi connectivity index (χ4v) is 3.25. The maximum absolute atomic E-state index is 12.4. The molecule has 0 saturated heterocycles. The molecule has 0 N–H and O–H groups in total. The number of thiazole rings is 1. The highest BCUT2D eigenvalue weighted by Gasteiger charge is 2.18. The van der Waals surface area contributed by atoms with Crippen LogP contribution in [-0.2, 0) is 16.0 Å². The zero-order valence-corrected chi connectivity index (χ0v) is 15.9. The van der Waals surface area contributed by atoms with E-state index >= 15 is 0 Å². The van der Waals surface area contributed by atoms with Crippen LogP contribution in [0.2, 0.25) is 0 Å². The standard InChI is InChI=1S/C18H18N2O6S/c1-23-14-6-11(7-15(24-2)17(14)25-3)13(21)10-26-16(22)8-12-9-20-4-5-27-18(20)19-12/h4-7,9H,8,10H2,1-3H3. The highest BCUT2D eigenvalue weighted by Crippen LogP contribution is 2.38. The summed E-state index contributed by atoms with van der Waals surface area (Å²) in [6, 6.07) is 3.03. The van der Waals surface area contributed by atoms with Crippen molar-refractivity contribution >= 4 is 28.1 Å². The van der Waals surface area contributed by atoms with Crippen LogP contribution < -0.4 is 14.2 Å². The van der Waals surface area contributed by atoms with Gasteiger partial charge in [-0.3, -0.25) is 14.0 Å². The zero-order valence-electron chi connectivity index (χ0n) is 15.1. The van der Waals surface area contributed by atoms with Crippen LogP contribution in [0.3, 0.4) is 0 Å². The zero-order chi connectivity index (χ0) is 19.4. The first-order valence-corrected chi connectivity index (χ1v) is 8.83. The Morgan fingerprint density at radius 2 is 1.81 bits per heavy atom. The Morgan fingerprint density at radius 3 is 2.41 bits per heavy atom. The molecule has 2 aromatic heterocycles. The van der Waals surface area contributed by atoms with Crippen molar-refractivity contribution in [3.63, 3.8) is 0 Å². The molecule has 3 rings (SSSR count). The molecular formula is C18H18N2O6S. The average molecular weight is 390 g/mol. The third-order valence-electron chi connectivity index (χ3n) is 3.82. The Balaban J connectivity index is 1.64. The van der Waals surface area contributed by atoms with E-state index in [0.717, 1.165) is 4.96 Å². The molecule has 142 valence electrons. The second kappa shape index (κ2) is 8.09. The number of rotatable bonds is 8. The number of hydrogen-bond acceptors (Lipinski definition) is 8. The summed E-state index contributed by atoms with van der Waals surface area (Å²) in [4.78, 5) is 29.5. The van der Waals surface area contributed by atoms with Gasteiger partial charge in [0.1, 0.15) is 0 Å². The number of ketones is 1. The van der Waals surface area contributed by atoms with E-state index in [1.807, 2.05) is 16.0 Å². The summed E-state index contributed by atoms with van der Waals surface area (Å²) in [5.41, 5.74) is 0.881. The first-order chi connectivity index (χ1) is 13.0. The van der Waals surface area contributed by atoms with Gasteiger partial charge in [0.05, 0.1) is 33.4 Å². The first kappa shape index (κ1) is 18.7. The van der Waals surface area contributed by atoms with E-state index in [2.05, 4.69) is 4.98 Å². The quantitative estimate of drug-likeness (QED) is 0.431. The lowest BCUT2D eigenvalue weighted by molar-refractivity contribution is -0.141. The van der Waals surface area contributed by atoms with Crippen LogP contribution in [-0.4, -0.2) is 49.1 Å². The van der Waals surface area contributed by atoms with Crippen LogP contribution in [0.15, 0.2) is 29.9 Å². The van der Waals surface area contributed by atoms with Gasteiger partial charge in [-0.15, -0.1) is 11.3 Å². The largest absolute Gasteiger partial charge is 0.493 e. The van der Waals surface area contributed by atoms with Crippen LogP contribution in [0.4, 0.5) is 0 Å². The van der Waals surface area contributed by atoms with Crippen molar-refractivity contribution in [2.45, 2.75) is 6.42 Å². The number of esters is 1. The lowest BCUT2D eigenvalue weighted by Crippen LogP contribution is -2.16. The second-order valence-corrected chi connectivity index (χ2v) is 6.37. The Morgan fingerprint density at radius 1 is 1.11 bits per heavy atom. The Hall–Kier alpha value is -3.07. The molecule has 0 saturated carbocycles. The number of Topliss-reactive ketones (excluding diaryl/α,β-unsaturated/α-hetero) is 1. The van der Waals surface area contributed by atoms with Crippen molar-refractivity contribution in [3.8, 4) is 17.2 Å². The molecule has 9 heteroatoms. The molecule has 0 bridgehead atoms. The Kier molecular flexibility index (Phi) is 5.60. The molecule has 3 aromatic rings. The van der Waals surface area contributed by atoms with Gasteiger partial charge in [0.25, 0.3) is 0 Å². The van der Waals surface area contributed by atoms with E-state index in [1.165, 1.54) is 44.8 Å². The number of nitrogens with zero attached hydrogens (tertiary/aromatic N) is 2. The smallest absolute Gasteiger partial charge is 0.312 e. The van der Waals surface area contributed by atoms with Crippen LogP contribution in [0.5, 0.6) is 17.2 Å². The van der Waals surface area contributed by atoms with Gasteiger partial charge in [-0.25, -0.2) is 4.98 Å².